The van der Waals surface area contributed by atoms with Crippen molar-refractivity contribution in [2.45, 2.75) is 30.9 Å². The predicted molar refractivity (Wildman–Crippen MR) is 107 cm³/mol. The van der Waals surface area contributed by atoms with Crippen molar-refractivity contribution < 1.29 is 30.6 Å². The first kappa shape index (κ1) is 21.6. The van der Waals surface area contributed by atoms with Gasteiger partial charge in [0.15, 0.2) is 0 Å². The Balaban J connectivity index is 1.43. The Kier molecular flexibility index (Phi) is 5.69. The summed E-state index contributed by atoms with van der Waals surface area (Å²) in [5.74, 6) is -0.648. The molecule has 0 aliphatic carbocycles. The van der Waals surface area contributed by atoms with Gasteiger partial charge in [-0.25, -0.2) is 0 Å². The molecule has 0 bridgehead atoms. The van der Waals surface area contributed by atoms with Crippen LogP contribution in [0.5, 0.6) is 5.75 Å². The van der Waals surface area contributed by atoms with Crippen molar-refractivity contribution in [1.82, 2.24) is 9.80 Å². The average molecular weight is 454 g/mol. The lowest BCUT2D eigenvalue weighted by Gasteiger charge is -2.33. The molecule has 1 fully saturated rings. The summed E-state index contributed by atoms with van der Waals surface area (Å²) >= 11 is 0. The Morgan fingerprint density at radius 3 is 2.52 bits per heavy atom. The van der Waals surface area contributed by atoms with Crippen LogP contribution in [-0.2, 0) is 23.1 Å². The van der Waals surface area contributed by atoms with Crippen LogP contribution in [0.4, 0.5) is 13.2 Å². The number of hydrogen-bond donors (Lipinski definition) is 0. The van der Waals surface area contributed by atoms with Crippen LogP contribution in [0.15, 0.2) is 48.5 Å². The summed E-state index contributed by atoms with van der Waals surface area (Å²) in [6, 6.07) is 13.8. The molecule has 0 aromatic heterocycles. The lowest BCUT2D eigenvalue weighted by atomic mass is 9.97. The van der Waals surface area contributed by atoms with E-state index in [1.165, 1.54) is 17.7 Å². The Hall–Kier alpha value is -2.59. The number of nitrogens with zero attached hydrogens (tertiary/aromatic N) is 2. The molecule has 0 radical (unpaired) electrons. The summed E-state index contributed by atoms with van der Waals surface area (Å²) in [6.45, 7) is 2.86. The average Bonchev–Trinajstić information content (AvgIpc) is 3.16. The van der Waals surface area contributed by atoms with Crippen LogP contribution < -0.4 is 4.18 Å². The van der Waals surface area contributed by atoms with E-state index in [0.717, 1.165) is 32.1 Å². The third kappa shape index (κ3) is 4.54. The number of amides is 1. The maximum atomic E-state index is 13.0. The van der Waals surface area contributed by atoms with E-state index in [1.54, 1.807) is 4.90 Å². The molecule has 31 heavy (non-hydrogen) atoms. The van der Waals surface area contributed by atoms with Crippen molar-refractivity contribution >= 4 is 16.0 Å². The second-order valence-corrected chi connectivity index (χ2v) is 9.25. The van der Waals surface area contributed by atoms with Gasteiger partial charge in [-0.05, 0) is 42.2 Å². The predicted octanol–water partition coefficient (Wildman–Crippen LogP) is 3.19. The Morgan fingerprint density at radius 2 is 1.81 bits per heavy atom. The van der Waals surface area contributed by atoms with Gasteiger partial charge in [-0.3, -0.25) is 9.69 Å². The monoisotopic (exact) mass is 454 g/mol. The van der Waals surface area contributed by atoms with E-state index in [-0.39, 0.29) is 11.9 Å². The minimum atomic E-state index is -5.75. The standard InChI is InChI=1S/C21H21F3N2O4S/c22-21(23,24)31(28,29)30-18-6-7-19-16(12-18)8-11-26(20(19)27)17-9-10-25(14-17)13-15-4-2-1-3-5-15/h1-7,12,17H,8-11,13-14H2. The summed E-state index contributed by atoms with van der Waals surface area (Å²) in [5, 5.41) is 0. The van der Waals surface area contributed by atoms with E-state index in [1.807, 2.05) is 18.2 Å². The van der Waals surface area contributed by atoms with Gasteiger partial charge >= 0.3 is 15.6 Å². The molecule has 1 unspecified atom stereocenters. The van der Waals surface area contributed by atoms with Crippen LogP contribution in [0, 0.1) is 0 Å². The van der Waals surface area contributed by atoms with Gasteiger partial charge in [0, 0.05) is 37.8 Å². The van der Waals surface area contributed by atoms with Gasteiger partial charge in [-0.2, -0.15) is 21.6 Å². The largest absolute Gasteiger partial charge is 0.534 e. The van der Waals surface area contributed by atoms with Gasteiger partial charge < -0.3 is 9.08 Å². The molecule has 0 N–H and O–H groups in total. The van der Waals surface area contributed by atoms with Crippen LogP contribution in [0.1, 0.15) is 27.9 Å². The molecule has 4 rings (SSSR count). The van der Waals surface area contributed by atoms with Crippen molar-refractivity contribution in [1.29, 1.82) is 0 Å². The van der Waals surface area contributed by atoms with Crippen molar-refractivity contribution in [3.8, 4) is 5.75 Å². The SMILES string of the molecule is O=C1c2ccc(OS(=O)(=O)C(F)(F)F)cc2CCN1C1CCN(Cc2ccccc2)C1. The molecule has 2 heterocycles. The normalized spacial score (nSPS) is 20.0. The number of alkyl halides is 3. The third-order valence-corrected chi connectivity index (χ3v) is 6.60. The van der Waals surface area contributed by atoms with Crippen molar-refractivity contribution in [3.63, 3.8) is 0 Å². The molecule has 0 spiro atoms. The van der Waals surface area contributed by atoms with Crippen LogP contribution in [-0.4, -0.2) is 55.3 Å². The number of hydrogen-bond acceptors (Lipinski definition) is 5. The highest BCUT2D eigenvalue weighted by Crippen LogP contribution is 2.31. The number of carbonyl (C=O) groups is 1. The molecule has 1 amide bonds. The fraction of sp³-hybridized carbons (Fsp3) is 0.381. The Morgan fingerprint density at radius 1 is 1.06 bits per heavy atom. The smallest absolute Gasteiger partial charge is 0.376 e. The fourth-order valence-corrected chi connectivity index (χ4v) is 4.56. The molecular weight excluding hydrogens is 433 g/mol. The molecule has 2 aromatic rings. The first-order chi connectivity index (χ1) is 14.6. The van der Waals surface area contributed by atoms with Gasteiger partial charge in [0.05, 0.1) is 0 Å². The fourth-order valence-electron chi connectivity index (χ4n) is 4.11. The second kappa shape index (κ2) is 8.16. The van der Waals surface area contributed by atoms with Gasteiger partial charge in [0.25, 0.3) is 5.91 Å². The molecule has 2 aliphatic heterocycles. The maximum absolute atomic E-state index is 13.0. The Bertz CT molecular complexity index is 1070. The lowest BCUT2D eigenvalue weighted by Crippen LogP contribution is -2.45. The maximum Gasteiger partial charge on any atom is 0.534 e. The van der Waals surface area contributed by atoms with Crippen molar-refractivity contribution in [2.24, 2.45) is 0 Å². The second-order valence-electron chi connectivity index (χ2n) is 7.71. The van der Waals surface area contributed by atoms with Crippen LogP contribution in [0.2, 0.25) is 0 Å². The molecular formula is C21H21F3N2O4S. The zero-order valence-corrected chi connectivity index (χ0v) is 17.3. The van der Waals surface area contributed by atoms with E-state index in [2.05, 4.69) is 21.2 Å². The molecule has 0 saturated carbocycles. The van der Waals surface area contributed by atoms with E-state index in [4.69, 9.17) is 0 Å². The van der Waals surface area contributed by atoms with Crippen molar-refractivity contribution in [3.05, 3.63) is 65.2 Å². The zero-order chi connectivity index (χ0) is 22.2. The quantitative estimate of drug-likeness (QED) is 0.513. The highest BCUT2D eigenvalue weighted by Gasteiger charge is 2.48. The molecule has 1 saturated heterocycles. The van der Waals surface area contributed by atoms with Gasteiger partial charge in [-0.1, -0.05) is 30.3 Å². The minimum absolute atomic E-state index is 0.0610. The Labute approximate surface area is 178 Å². The zero-order valence-electron chi connectivity index (χ0n) is 16.5. The number of carbonyl (C=O) groups excluding carboxylic acids is 1. The van der Waals surface area contributed by atoms with E-state index >= 15 is 0 Å². The number of benzene rings is 2. The molecule has 10 heteroatoms. The van der Waals surface area contributed by atoms with E-state index < -0.39 is 21.4 Å². The number of halogens is 3. The number of fused-ring (bicyclic) bond motifs is 1. The summed E-state index contributed by atoms with van der Waals surface area (Å²) in [6.07, 6.45) is 1.26. The summed E-state index contributed by atoms with van der Waals surface area (Å²) in [5.41, 5.74) is -3.46. The first-order valence-corrected chi connectivity index (χ1v) is 11.3. The lowest BCUT2D eigenvalue weighted by molar-refractivity contribution is -0.0500. The van der Waals surface area contributed by atoms with E-state index in [9.17, 15) is 26.4 Å². The van der Waals surface area contributed by atoms with Gasteiger partial charge in [0.1, 0.15) is 5.75 Å². The molecule has 166 valence electrons. The van der Waals surface area contributed by atoms with Crippen LogP contribution in [0.25, 0.3) is 0 Å². The number of rotatable bonds is 5. The molecule has 2 aliphatic rings. The van der Waals surface area contributed by atoms with Crippen LogP contribution in [0.3, 0.4) is 0 Å². The number of likely N-dealkylation sites (tertiary alicyclic amines) is 1. The molecule has 1 atom stereocenters. The highest BCUT2D eigenvalue weighted by molar-refractivity contribution is 7.88. The molecule has 2 aromatic carbocycles. The van der Waals surface area contributed by atoms with Crippen LogP contribution >= 0.6 is 0 Å². The van der Waals surface area contributed by atoms with Crippen molar-refractivity contribution in [2.75, 3.05) is 19.6 Å². The first-order valence-electron chi connectivity index (χ1n) is 9.85. The van der Waals surface area contributed by atoms with E-state index in [0.29, 0.717) is 24.1 Å². The van der Waals surface area contributed by atoms with Gasteiger partial charge in [0.2, 0.25) is 0 Å². The third-order valence-electron chi connectivity index (χ3n) is 5.62. The minimum Gasteiger partial charge on any atom is -0.376 e. The summed E-state index contributed by atoms with van der Waals surface area (Å²) < 4.78 is 64.2. The van der Waals surface area contributed by atoms with Gasteiger partial charge in [-0.15, -0.1) is 0 Å². The summed E-state index contributed by atoms with van der Waals surface area (Å²) in [4.78, 5) is 17.1. The summed E-state index contributed by atoms with van der Waals surface area (Å²) in [7, 11) is -5.75. The topological polar surface area (TPSA) is 66.9 Å². The molecule has 6 nitrogen and oxygen atoms in total. The highest BCUT2D eigenvalue weighted by atomic mass is 32.2.